The zero-order valence-corrected chi connectivity index (χ0v) is 27.3. The number of pyridine rings is 2. The van der Waals surface area contributed by atoms with E-state index < -0.39 is 0 Å². The van der Waals surface area contributed by atoms with E-state index in [9.17, 15) is 5.26 Å². The molecule has 0 aliphatic heterocycles. The summed E-state index contributed by atoms with van der Waals surface area (Å²) < 4.78 is 2.32. The molecule has 0 bridgehead atoms. The van der Waals surface area contributed by atoms with Crippen molar-refractivity contribution in [1.82, 2.24) is 14.5 Å². The van der Waals surface area contributed by atoms with Crippen LogP contribution in [0.15, 0.2) is 158 Å². The van der Waals surface area contributed by atoms with Gasteiger partial charge in [-0.3, -0.25) is 4.98 Å². The van der Waals surface area contributed by atoms with Crippen molar-refractivity contribution in [2.45, 2.75) is 0 Å². The molecule has 11 rings (SSSR count). The molecular formula is C47H26N4. The molecule has 0 spiro atoms. The first-order valence-corrected chi connectivity index (χ1v) is 17.1. The number of nitriles is 1. The van der Waals surface area contributed by atoms with Gasteiger partial charge in [0.25, 0.3) is 0 Å². The molecule has 0 amide bonds. The first-order valence-electron chi connectivity index (χ1n) is 17.1. The smallest absolute Gasteiger partial charge is 0.0992 e. The minimum absolute atomic E-state index is 0.663. The van der Waals surface area contributed by atoms with Gasteiger partial charge < -0.3 is 4.57 Å². The van der Waals surface area contributed by atoms with Crippen LogP contribution in [-0.2, 0) is 0 Å². The summed E-state index contributed by atoms with van der Waals surface area (Å²) in [5.41, 5.74) is 10.3. The molecule has 234 valence electrons. The molecule has 0 saturated heterocycles. The fourth-order valence-electron chi connectivity index (χ4n) is 8.39. The molecule has 8 aromatic carbocycles. The molecular weight excluding hydrogens is 621 g/mol. The van der Waals surface area contributed by atoms with Crippen LogP contribution >= 0.6 is 0 Å². The van der Waals surface area contributed by atoms with Crippen molar-refractivity contribution < 1.29 is 0 Å². The van der Waals surface area contributed by atoms with Crippen LogP contribution in [0.3, 0.4) is 0 Å². The third kappa shape index (κ3) is 4.00. The van der Waals surface area contributed by atoms with E-state index in [-0.39, 0.29) is 0 Å². The molecule has 0 atom stereocenters. The third-order valence-electron chi connectivity index (χ3n) is 10.6. The van der Waals surface area contributed by atoms with Crippen molar-refractivity contribution >= 4 is 64.9 Å². The highest BCUT2D eigenvalue weighted by atomic mass is 15.0. The summed E-state index contributed by atoms with van der Waals surface area (Å²) in [5, 5.41) is 22.0. The number of hydrogen-bond acceptors (Lipinski definition) is 3. The molecule has 0 fully saturated rings. The van der Waals surface area contributed by atoms with Crippen LogP contribution in [0.2, 0.25) is 0 Å². The predicted molar refractivity (Wildman–Crippen MR) is 210 cm³/mol. The lowest BCUT2D eigenvalue weighted by molar-refractivity contribution is 1.18. The molecule has 0 radical (unpaired) electrons. The molecule has 51 heavy (non-hydrogen) atoms. The van der Waals surface area contributed by atoms with Gasteiger partial charge in [-0.1, -0.05) is 84.9 Å². The number of aromatic nitrogens is 3. The normalized spacial score (nSPS) is 11.9. The van der Waals surface area contributed by atoms with Crippen LogP contribution in [0.5, 0.6) is 0 Å². The Balaban J connectivity index is 1.17. The van der Waals surface area contributed by atoms with Crippen LogP contribution in [0.4, 0.5) is 0 Å². The van der Waals surface area contributed by atoms with Crippen LogP contribution in [0.25, 0.3) is 104 Å². The van der Waals surface area contributed by atoms with Crippen molar-refractivity contribution in [3.8, 4) is 45.4 Å². The summed E-state index contributed by atoms with van der Waals surface area (Å²) in [5.74, 6) is 0. The second-order valence-electron chi connectivity index (χ2n) is 13.3. The molecule has 3 aromatic heterocycles. The average molecular weight is 647 g/mol. The quantitative estimate of drug-likeness (QED) is 0.179. The molecule has 0 unspecified atom stereocenters. The Bertz CT molecular complexity index is 3190. The SMILES string of the molecule is N#Cc1cc2ccc3cc(-c4ccc5ccc6c(-c7cccc(-c8ccncc8)n7)ccc7ccc4c5c76)cc4c3c2c(c1)n4-c1ccccc1. The van der Waals surface area contributed by atoms with E-state index in [1.807, 2.05) is 42.7 Å². The van der Waals surface area contributed by atoms with E-state index in [0.29, 0.717) is 5.56 Å². The van der Waals surface area contributed by atoms with Gasteiger partial charge in [0.05, 0.1) is 34.1 Å². The lowest BCUT2D eigenvalue weighted by atomic mass is 9.87. The summed E-state index contributed by atoms with van der Waals surface area (Å²) in [6.45, 7) is 0. The van der Waals surface area contributed by atoms with Gasteiger partial charge in [-0.25, -0.2) is 4.98 Å². The zero-order valence-electron chi connectivity index (χ0n) is 27.3. The van der Waals surface area contributed by atoms with Gasteiger partial charge in [0.2, 0.25) is 0 Å². The van der Waals surface area contributed by atoms with Crippen molar-refractivity contribution in [2.24, 2.45) is 0 Å². The Morgan fingerprint density at radius 3 is 1.84 bits per heavy atom. The van der Waals surface area contributed by atoms with Crippen LogP contribution in [-0.4, -0.2) is 14.5 Å². The first-order chi connectivity index (χ1) is 25.2. The standard InChI is InChI=1S/C47H26N4/c48-27-28-23-32-9-10-33-25-34(26-43-47(33)46(32)42(24-28)51(43)35-5-2-1-3-6-35)36-15-11-30-14-18-39-37(16-12-31-13-17-38(36)44(30)45(31)39)41-8-4-7-40(50-41)29-19-21-49-22-20-29/h1-26H. The highest BCUT2D eigenvalue weighted by Gasteiger charge is 2.21. The summed E-state index contributed by atoms with van der Waals surface area (Å²) in [4.78, 5) is 9.31. The molecule has 0 aliphatic rings. The van der Waals surface area contributed by atoms with Gasteiger partial charge >= 0.3 is 0 Å². The maximum Gasteiger partial charge on any atom is 0.0992 e. The van der Waals surface area contributed by atoms with Crippen molar-refractivity contribution in [1.29, 1.82) is 5.26 Å². The second kappa shape index (κ2) is 10.5. The summed E-state index contributed by atoms with van der Waals surface area (Å²) in [7, 11) is 0. The Kier molecular flexibility index (Phi) is 5.70. The maximum atomic E-state index is 9.93. The second-order valence-corrected chi connectivity index (χ2v) is 13.3. The Labute approximate surface area is 292 Å². The van der Waals surface area contributed by atoms with E-state index in [4.69, 9.17) is 4.98 Å². The fraction of sp³-hybridized carbons (Fsp3) is 0. The van der Waals surface area contributed by atoms with E-state index in [1.54, 1.807) is 0 Å². The summed E-state index contributed by atoms with van der Waals surface area (Å²) in [6.07, 6.45) is 3.62. The van der Waals surface area contributed by atoms with Gasteiger partial charge in [-0.15, -0.1) is 0 Å². The number of hydrogen-bond donors (Lipinski definition) is 0. The molecule has 11 aromatic rings. The molecule has 0 saturated carbocycles. The van der Waals surface area contributed by atoms with E-state index >= 15 is 0 Å². The molecule has 0 aliphatic carbocycles. The van der Waals surface area contributed by atoms with Gasteiger partial charge in [-0.05, 0) is 115 Å². The highest BCUT2D eigenvalue weighted by molar-refractivity contribution is 6.29. The monoisotopic (exact) mass is 646 g/mol. The predicted octanol–water partition coefficient (Wildman–Crippen LogP) is 11.9. The lowest BCUT2D eigenvalue weighted by Gasteiger charge is -2.17. The van der Waals surface area contributed by atoms with Crippen molar-refractivity contribution in [3.63, 3.8) is 0 Å². The first kappa shape index (κ1) is 27.8. The van der Waals surface area contributed by atoms with Crippen molar-refractivity contribution in [2.75, 3.05) is 0 Å². The Hall–Kier alpha value is -7.09. The number of benzene rings is 8. The Morgan fingerprint density at radius 2 is 1.10 bits per heavy atom. The summed E-state index contributed by atoms with van der Waals surface area (Å²) in [6, 6.07) is 54.2. The van der Waals surface area contributed by atoms with Gasteiger partial charge in [-0.2, -0.15) is 5.26 Å². The van der Waals surface area contributed by atoms with Gasteiger partial charge in [0.15, 0.2) is 0 Å². The van der Waals surface area contributed by atoms with Crippen LogP contribution in [0, 0.1) is 11.3 Å². The van der Waals surface area contributed by atoms with Crippen molar-refractivity contribution in [3.05, 3.63) is 164 Å². The molecule has 3 heterocycles. The molecule has 4 nitrogen and oxygen atoms in total. The average Bonchev–Trinajstić information content (AvgIpc) is 3.54. The van der Waals surface area contributed by atoms with Crippen LogP contribution in [0.1, 0.15) is 5.56 Å². The van der Waals surface area contributed by atoms with E-state index in [1.165, 1.54) is 54.0 Å². The fourth-order valence-corrected chi connectivity index (χ4v) is 8.39. The minimum atomic E-state index is 0.663. The van der Waals surface area contributed by atoms with E-state index in [2.05, 4.69) is 131 Å². The number of rotatable bonds is 4. The molecule has 0 N–H and O–H groups in total. The van der Waals surface area contributed by atoms with Gasteiger partial charge in [0, 0.05) is 40.0 Å². The highest BCUT2D eigenvalue weighted by Crippen LogP contribution is 2.45. The van der Waals surface area contributed by atoms with Gasteiger partial charge in [0.1, 0.15) is 0 Å². The Morgan fingerprint density at radius 1 is 0.471 bits per heavy atom. The number of nitrogens with zero attached hydrogens (tertiary/aromatic N) is 4. The van der Waals surface area contributed by atoms with E-state index in [0.717, 1.165) is 50.2 Å². The third-order valence-corrected chi connectivity index (χ3v) is 10.6. The lowest BCUT2D eigenvalue weighted by Crippen LogP contribution is -1.94. The van der Waals surface area contributed by atoms with Crippen LogP contribution < -0.4 is 0 Å². The molecule has 4 heteroatoms. The minimum Gasteiger partial charge on any atom is -0.309 e. The number of para-hydroxylation sites is 1. The maximum absolute atomic E-state index is 9.93. The largest absolute Gasteiger partial charge is 0.309 e. The zero-order chi connectivity index (χ0) is 33.6. The summed E-state index contributed by atoms with van der Waals surface area (Å²) >= 11 is 0. The topological polar surface area (TPSA) is 54.5 Å².